The summed E-state index contributed by atoms with van der Waals surface area (Å²) in [6, 6.07) is 7.63. The van der Waals surface area contributed by atoms with Crippen molar-refractivity contribution in [2.24, 2.45) is 0 Å². The van der Waals surface area contributed by atoms with Crippen LogP contribution in [0.1, 0.15) is 12.5 Å². The van der Waals surface area contributed by atoms with Crippen LogP contribution in [0.3, 0.4) is 0 Å². The largest absolute Gasteiger partial charge is 0.0988 e. The third-order valence-corrected chi connectivity index (χ3v) is 2.19. The Morgan fingerprint density at radius 1 is 1.29 bits per heavy atom. The molecule has 1 heteroatoms. The Morgan fingerprint density at radius 2 is 1.86 bits per heavy atom. The summed E-state index contributed by atoms with van der Waals surface area (Å²) in [5, 5.41) is 0.742. The van der Waals surface area contributed by atoms with Gasteiger partial charge in [0.25, 0.3) is 0 Å². The van der Waals surface area contributed by atoms with Gasteiger partial charge in [0.2, 0.25) is 0 Å². The third-order valence-electron chi connectivity index (χ3n) is 1.94. The Kier molecular flexibility index (Phi) is 3.73. The molecule has 0 saturated heterocycles. The van der Waals surface area contributed by atoms with Crippen LogP contribution in [-0.4, -0.2) is 0 Å². The average Bonchev–Trinajstić information content (AvgIpc) is 2.18. The van der Waals surface area contributed by atoms with Crippen molar-refractivity contribution in [3.8, 4) is 0 Å². The summed E-state index contributed by atoms with van der Waals surface area (Å²) in [6.45, 7) is 9.66. The molecule has 0 nitrogen and oxygen atoms in total. The van der Waals surface area contributed by atoms with E-state index in [1.165, 1.54) is 0 Å². The highest BCUT2D eigenvalue weighted by molar-refractivity contribution is 6.30. The Bertz CT molecular complexity index is 369. The Morgan fingerprint density at radius 3 is 2.36 bits per heavy atom. The first kappa shape index (κ1) is 10.8. The average molecular weight is 205 g/mol. The Labute approximate surface area is 90.2 Å². The number of halogens is 1. The molecule has 0 spiro atoms. The molecular weight excluding hydrogens is 192 g/mol. The second kappa shape index (κ2) is 4.83. The summed E-state index contributed by atoms with van der Waals surface area (Å²) in [6.07, 6.45) is 3.80. The molecule has 1 aromatic rings. The zero-order valence-electron chi connectivity index (χ0n) is 8.26. The van der Waals surface area contributed by atoms with Gasteiger partial charge in [0.15, 0.2) is 0 Å². The second-order valence-electron chi connectivity index (χ2n) is 3.12. The standard InChI is InChI=1S/C13H13Cl/c1-4-10(2)9-11(3)12-5-7-13(14)8-6-12/h4-9H,1,3H2,2H3/b10-9+. The normalized spacial score (nSPS) is 11.1. The lowest BCUT2D eigenvalue weighted by atomic mass is 10.1. The molecule has 0 aliphatic rings. The molecule has 0 N–H and O–H groups in total. The molecule has 0 aliphatic heterocycles. The molecule has 0 aromatic heterocycles. The van der Waals surface area contributed by atoms with Crippen LogP contribution < -0.4 is 0 Å². The lowest BCUT2D eigenvalue weighted by Crippen LogP contribution is -1.79. The molecule has 0 heterocycles. The highest BCUT2D eigenvalue weighted by Crippen LogP contribution is 2.18. The van der Waals surface area contributed by atoms with Gasteiger partial charge in [-0.2, -0.15) is 0 Å². The van der Waals surface area contributed by atoms with Gasteiger partial charge in [-0.15, -0.1) is 0 Å². The van der Waals surface area contributed by atoms with E-state index >= 15 is 0 Å². The SMILES string of the molecule is C=C/C(C)=C/C(=C)c1ccc(Cl)cc1. The quantitative estimate of drug-likeness (QED) is 0.637. The molecule has 0 atom stereocenters. The highest BCUT2D eigenvalue weighted by Gasteiger charge is 1.95. The first-order chi connectivity index (χ1) is 6.63. The minimum Gasteiger partial charge on any atom is -0.0988 e. The molecule has 0 aliphatic carbocycles. The lowest BCUT2D eigenvalue weighted by molar-refractivity contribution is 1.53. The van der Waals surface area contributed by atoms with E-state index in [9.17, 15) is 0 Å². The van der Waals surface area contributed by atoms with Crippen LogP contribution in [-0.2, 0) is 0 Å². The number of allylic oxidation sites excluding steroid dienone is 4. The second-order valence-corrected chi connectivity index (χ2v) is 3.56. The summed E-state index contributed by atoms with van der Waals surface area (Å²) in [5.41, 5.74) is 3.15. The van der Waals surface area contributed by atoms with Crippen LogP contribution in [0, 0.1) is 0 Å². The van der Waals surface area contributed by atoms with Gasteiger partial charge in [0.05, 0.1) is 0 Å². The van der Waals surface area contributed by atoms with Gasteiger partial charge >= 0.3 is 0 Å². The van der Waals surface area contributed by atoms with Crippen LogP contribution in [0.5, 0.6) is 0 Å². The van der Waals surface area contributed by atoms with Crippen molar-refractivity contribution < 1.29 is 0 Å². The number of benzene rings is 1. The Hall–Kier alpha value is -1.27. The summed E-state index contributed by atoms with van der Waals surface area (Å²) in [5.74, 6) is 0. The molecule has 14 heavy (non-hydrogen) atoms. The fourth-order valence-corrected chi connectivity index (χ4v) is 1.21. The van der Waals surface area contributed by atoms with Crippen LogP contribution in [0.15, 0.2) is 55.1 Å². The van der Waals surface area contributed by atoms with Crippen molar-refractivity contribution in [3.05, 3.63) is 65.7 Å². The molecule has 0 amide bonds. The van der Waals surface area contributed by atoms with Crippen LogP contribution in [0.2, 0.25) is 5.02 Å². The zero-order valence-corrected chi connectivity index (χ0v) is 9.01. The molecular formula is C13H13Cl. The van der Waals surface area contributed by atoms with Crippen LogP contribution in [0.4, 0.5) is 0 Å². The number of hydrogen-bond donors (Lipinski definition) is 0. The van der Waals surface area contributed by atoms with Crippen molar-refractivity contribution in [1.82, 2.24) is 0 Å². The summed E-state index contributed by atoms with van der Waals surface area (Å²) in [4.78, 5) is 0. The van der Waals surface area contributed by atoms with Crippen molar-refractivity contribution in [2.75, 3.05) is 0 Å². The molecule has 72 valence electrons. The molecule has 0 radical (unpaired) electrons. The summed E-state index contributed by atoms with van der Waals surface area (Å²) in [7, 11) is 0. The maximum atomic E-state index is 5.79. The molecule has 1 aromatic carbocycles. The monoisotopic (exact) mass is 204 g/mol. The topological polar surface area (TPSA) is 0 Å². The molecule has 0 bridgehead atoms. The first-order valence-corrected chi connectivity index (χ1v) is 4.77. The van der Waals surface area contributed by atoms with Crippen LogP contribution >= 0.6 is 11.6 Å². The summed E-state index contributed by atoms with van der Waals surface area (Å²) < 4.78 is 0. The van der Waals surface area contributed by atoms with Gasteiger partial charge in [0.1, 0.15) is 0 Å². The van der Waals surface area contributed by atoms with Gasteiger partial charge in [-0.3, -0.25) is 0 Å². The fourth-order valence-electron chi connectivity index (χ4n) is 1.08. The van der Waals surface area contributed by atoms with Gasteiger partial charge in [-0.05, 0) is 30.2 Å². The minimum absolute atomic E-state index is 0.742. The number of rotatable bonds is 3. The molecule has 0 saturated carbocycles. The van der Waals surface area contributed by atoms with Crippen molar-refractivity contribution >= 4 is 17.2 Å². The van der Waals surface area contributed by atoms with E-state index in [4.69, 9.17) is 11.6 Å². The van der Waals surface area contributed by atoms with E-state index in [0.717, 1.165) is 21.7 Å². The van der Waals surface area contributed by atoms with Gasteiger partial charge in [0, 0.05) is 5.02 Å². The minimum atomic E-state index is 0.742. The molecule has 0 unspecified atom stereocenters. The Balaban J connectivity index is 2.90. The van der Waals surface area contributed by atoms with E-state index in [-0.39, 0.29) is 0 Å². The number of hydrogen-bond acceptors (Lipinski definition) is 0. The van der Waals surface area contributed by atoms with Gasteiger partial charge < -0.3 is 0 Å². The first-order valence-electron chi connectivity index (χ1n) is 4.39. The van der Waals surface area contributed by atoms with Crippen molar-refractivity contribution in [1.29, 1.82) is 0 Å². The third kappa shape index (κ3) is 2.90. The van der Waals surface area contributed by atoms with E-state index < -0.39 is 0 Å². The summed E-state index contributed by atoms with van der Waals surface area (Å²) >= 11 is 5.79. The zero-order chi connectivity index (χ0) is 10.6. The van der Waals surface area contributed by atoms with Crippen molar-refractivity contribution in [2.45, 2.75) is 6.92 Å². The molecule has 1 rings (SSSR count). The maximum Gasteiger partial charge on any atom is 0.0406 e. The smallest absolute Gasteiger partial charge is 0.0406 e. The lowest BCUT2D eigenvalue weighted by Gasteiger charge is -2.01. The van der Waals surface area contributed by atoms with Gasteiger partial charge in [-0.1, -0.05) is 54.6 Å². The van der Waals surface area contributed by atoms with E-state index in [1.54, 1.807) is 6.08 Å². The fraction of sp³-hybridized carbons (Fsp3) is 0.0769. The van der Waals surface area contributed by atoms with E-state index in [0.29, 0.717) is 0 Å². The van der Waals surface area contributed by atoms with E-state index in [2.05, 4.69) is 13.2 Å². The van der Waals surface area contributed by atoms with Gasteiger partial charge in [-0.25, -0.2) is 0 Å². The van der Waals surface area contributed by atoms with E-state index in [1.807, 2.05) is 37.3 Å². The highest BCUT2D eigenvalue weighted by atomic mass is 35.5. The molecule has 0 fully saturated rings. The maximum absolute atomic E-state index is 5.79. The van der Waals surface area contributed by atoms with Crippen LogP contribution in [0.25, 0.3) is 5.57 Å². The predicted octanol–water partition coefficient (Wildman–Crippen LogP) is 4.49. The predicted molar refractivity (Wildman–Crippen MR) is 64.4 cm³/mol. The van der Waals surface area contributed by atoms with Crippen molar-refractivity contribution in [3.63, 3.8) is 0 Å².